The maximum Gasteiger partial charge on any atom is 0.253 e. The van der Waals surface area contributed by atoms with Gasteiger partial charge in [0.25, 0.3) is 5.91 Å². The Balaban J connectivity index is 1.63. The highest BCUT2D eigenvalue weighted by atomic mass is 16.5. The molecule has 0 aliphatic carbocycles. The van der Waals surface area contributed by atoms with Gasteiger partial charge < -0.3 is 9.42 Å². The largest absolute Gasteiger partial charge is 0.339 e. The van der Waals surface area contributed by atoms with Gasteiger partial charge in [-0.3, -0.25) is 4.79 Å². The maximum atomic E-state index is 12.6. The lowest BCUT2D eigenvalue weighted by atomic mass is 9.96. The third-order valence-electron chi connectivity index (χ3n) is 4.34. The second-order valence-corrected chi connectivity index (χ2v) is 6.40. The van der Waals surface area contributed by atoms with E-state index in [9.17, 15) is 4.79 Å². The van der Waals surface area contributed by atoms with E-state index < -0.39 is 0 Å². The molecular formula is C18H20N4O2. The predicted molar refractivity (Wildman–Crippen MR) is 87.4 cm³/mol. The van der Waals surface area contributed by atoms with Crippen LogP contribution in [0.15, 0.2) is 28.8 Å². The number of piperidine rings is 1. The quantitative estimate of drug-likeness (QED) is 0.866. The zero-order chi connectivity index (χ0) is 17.1. The molecule has 1 aliphatic rings. The zero-order valence-electron chi connectivity index (χ0n) is 13.9. The van der Waals surface area contributed by atoms with Gasteiger partial charge in [0.05, 0.1) is 11.6 Å². The number of aromatic nitrogens is 2. The first-order chi connectivity index (χ1) is 11.6. The first kappa shape index (κ1) is 16.2. The highest BCUT2D eigenvalue weighted by Crippen LogP contribution is 2.28. The summed E-state index contributed by atoms with van der Waals surface area (Å²) in [6, 6.07) is 8.90. The van der Waals surface area contributed by atoms with Crippen molar-refractivity contribution in [3.63, 3.8) is 0 Å². The van der Waals surface area contributed by atoms with E-state index in [2.05, 4.69) is 16.2 Å². The van der Waals surface area contributed by atoms with Crippen molar-refractivity contribution < 1.29 is 9.32 Å². The highest BCUT2D eigenvalue weighted by molar-refractivity contribution is 5.94. The molecule has 1 amide bonds. The molecule has 3 rings (SSSR count). The van der Waals surface area contributed by atoms with Crippen molar-refractivity contribution in [1.29, 1.82) is 5.26 Å². The van der Waals surface area contributed by atoms with Crippen molar-refractivity contribution in [3.8, 4) is 6.07 Å². The molecule has 6 nitrogen and oxygen atoms in total. The van der Waals surface area contributed by atoms with Gasteiger partial charge in [0, 0.05) is 30.5 Å². The average molecular weight is 324 g/mol. The van der Waals surface area contributed by atoms with Crippen LogP contribution in [0.4, 0.5) is 0 Å². The molecule has 1 aromatic carbocycles. The fourth-order valence-corrected chi connectivity index (χ4v) is 2.88. The van der Waals surface area contributed by atoms with Crippen molar-refractivity contribution in [1.82, 2.24) is 15.0 Å². The number of hydrogen-bond donors (Lipinski definition) is 0. The summed E-state index contributed by atoms with van der Waals surface area (Å²) in [6.07, 6.45) is 1.62. The first-order valence-electron chi connectivity index (χ1n) is 8.21. The van der Waals surface area contributed by atoms with Gasteiger partial charge in [-0.05, 0) is 31.0 Å². The number of nitrogens with zero attached hydrogens (tertiary/aromatic N) is 4. The van der Waals surface area contributed by atoms with E-state index in [1.165, 1.54) is 0 Å². The van der Waals surface area contributed by atoms with Gasteiger partial charge >= 0.3 is 0 Å². The minimum atomic E-state index is -0.0288. The minimum absolute atomic E-state index is 0.0288. The summed E-state index contributed by atoms with van der Waals surface area (Å²) in [4.78, 5) is 18.9. The van der Waals surface area contributed by atoms with Crippen LogP contribution in [-0.2, 0) is 0 Å². The van der Waals surface area contributed by atoms with E-state index in [0.29, 0.717) is 30.1 Å². The van der Waals surface area contributed by atoms with Gasteiger partial charge in [0.15, 0.2) is 5.82 Å². The number of likely N-dealkylation sites (tertiary alicyclic amines) is 1. The topological polar surface area (TPSA) is 83.0 Å². The van der Waals surface area contributed by atoms with Crippen LogP contribution >= 0.6 is 0 Å². The molecule has 2 heterocycles. The van der Waals surface area contributed by atoms with Crippen molar-refractivity contribution >= 4 is 5.91 Å². The molecule has 124 valence electrons. The first-order valence-corrected chi connectivity index (χ1v) is 8.21. The molecule has 24 heavy (non-hydrogen) atoms. The Labute approximate surface area is 141 Å². The summed E-state index contributed by atoms with van der Waals surface area (Å²) < 4.78 is 5.38. The van der Waals surface area contributed by atoms with E-state index >= 15 is 0 Å². The molecule has 0 saturated carbocycles. The Bertz CT molecular complexity index is 767. The van der Waals surface area contributed by atoms with Crippen molar-refractivity contribution in [2.45, 2.75) is 38.5 Å². The van der Waals surface area contributed by atoms with Crippen LogP contribution in [0, 0.1) is 11.3 Å². The number of carbonyl (C=O) groups is 1. The average Bonchev–Trinajstić information content (AvgIpc) is 3.12. The minimum Gasteiger partial charge on any atom is -0.339 e. The van der Waals surface area contributed by atoms with Crippen LogP contribution in [0.25, 0.3) is 0 Å². The monoisotopic (exact) mass is 324 g/mol. The Morgan fingerprint density at radius 3 is 2.75 bits per heavy atom. The molecule has 0 radical (unpaired) electrons. The lowest BCUT2D eigenvalue weighted by molar-refractivity contribution is 0.0704. The summed E-state index contributed by atoms with van der Waals surface area (Å²) in [5, 5.41) is 13.0. The summed E-state index contributed by atoms with van der Waals surface area (Å²) in [5.41, 5.74) is 1.06. The van der Waals surface area contributed by atoms with Gasteiger partial charge in [-0.1, -0.05) is 25.1 Å². The smallest absolute Gasteiger partial charge is 0.253 e. The SMILES string of the molecule is CC(C)c1noc(C2CCN(C(=O)c3cccc(C#N)c3)CC2)n1. The van der Waals surface area contributed by atoms with Gasteiger partial charge in [-0.2, -0.15) is 10.2 Å². The Hall–Kier alpha value is -2.68. The lowest BCUT2D eigenvalue weighted by Gasteiger charge is -2.30. The fourth-order valence-electron chi connectivity index (χ4n) is 2.88. The van der Waals surface area contributed by atoms with Gasteiger partial charge in [-0.25, -0.2) is 0 Å². The Kier molecular flexibility index (Phi) is 4.61. The third kappa shape index (κ3) is 3.30. The second kappa shape index (κ2) is 6.83. The van der Waals surface area contributed by atoms with Crippen LogP contribution in [0.1, 0.15) is 66.2 Å². The van der Waals surface area contributed by atoms with Crippen molar-refractivity contribution in [2.24, 2.45) is 0 Å². The van der Waals surface area contributed by atoms with Crippen LogP contribution in [0.2, 0.25) is 0 Å². The van der Waals surface area contributed by atoms with E-state index in [1.807, 2.05) is 18.7 Å². The number of rotatable bonds is 3. The van der Waals surface area contributed by atoms with E-state index in [4.69, 9.17) is 9.78 Å². The van der Waals surface area contributed by atoms with Crippen LogP contribution in [0.3, 0.4) is 0 Å². The summed E-state index contributed by atoms with van der Waals surface area (Å²) >= 11 is 0. The fraction of sp³-hybridized carbons (Fsp3) is 0.444. The summed E-state index contributed by atoms with van der Waals surface area (Å²) in [5.74, 6) is 1.84. The Morgan fingerprint density at radius 2 is 2.12 bits per heavy atom. The maximum absolute atomic E-state index is 12.6. The molecule has 1 aromatic heterocycles. The third-order valence-corrected chi connectivity index (χ3v) is 4.34. The van der Waals surface area contributed by atoms with Gasteiger partial charge in [0.1, 0.15) is 0 Å². The molecule has 6 heteroatoms. The molecule has 0 spiro atoms. The molecule has 1 saturated heterocycles. The molecular weight excluding hydrogens is 304 g/mol. The molecule has 1 fully saturated rings. The summed E-state index contributed by atoms with van der Waals surface area (Å²) in [7, 11) is 0. The second-order valence-electron chi connectivity index (χ2n) is 6.40. The van der Waals surface area contributed by atoms with E-state index in [1.54, 1.807) is 24.3 Å². The number of nitriles is 1. The standard InChI is InChI=1S/C18H20N4O2/c1-12(2)16-20-17(24-21-16)14-6-8-22(9-7-14)18(23)15-5-3-4-13(10-15)11-19/h3-5,10,12,14H,6-9H2,1-2H3. The van der Waals surface area contributed by atoms with Crippen LogP contribution in [0.5, 0.6) is 0 Å². The number of carbonyl (C=O) groups excluding carboxylic acids is 1. The van der Waals surface area contributed by atoms with Gasteiger partial charge in [0.2, 0.25) is 5.89 Å². The molecule has 2 aromatic rings. The van der Waals surface area contributed by atoms with E-state index in [-0.39, 0.29) is 17.7 Å². The number of hydrogen-bond acceptors (Lipinski definition) is 5. The summed E-state index contributed by atoms with van der Waals surface area (Å²) in [6.45, 7) is 5.37. The van der Waals surface area contributed by atoms with Crippen LogP contribution in [-0.4, -0.2) is 34.0 Å². The molecule has 0 atom stereocenters. The highest BCUT2D eigenvalue weighted by Gasteiger charge is 2.28. The van der Waals surface area contributed by atoms with Gasteiger partial charge in [-0.15, -0.1) is 0 Å². The zero-order valence-corrected chi connectivity index (χ0v) is 13.9. The lowest BCUT2D eigenvalue weighted by Crippen LogP contribution is -2.38. The van der Waals surface area contributed by atoms with Crippen molar-refractivity contribution in [2.75, 3.05) is 13.1 Å². The normalized spacial score (nSPS) is 15.5. The van der Waals surface area contributed by atoms with E-state index in [0.717, 1.165) is 18.7 Å². The number of amides is 1. The molecule has 1 aliphatic heterocycles. The predicted octanol–water partition coefficient (Wildman–Crippen LogP) is 3.08. The molecule has 0 N–H and O–H groups in total. The number of benzene rings is 1. The Morgan fingerprint density at radius 1 is 1.38 bits per heavy atom. The van der Waals surface area contributed by atoms with Crippen LogP contribution < -0.4 is 0 Å². The molecule has 0 unspecified atom stereocenters. The van der Waals surface area contributed by atoms with Crippen molar-refractivity contribution in [3.05, 3.63) is 47.1 Å². The molecule has 0 bridgehead atoms.